The highest BCUT2D eigenvalue weighted by molar-refractivity contribution is 6.35. The summed E-state index contributed by atoms with van der Waals surface area (Å²) >= 11 is 6.34. The van der Waals surface area contributed by atoms with Crippen LogP contribution in [0.1, 0.15) is 35.5 Å². The van der Waals surface area contributed by atoms with Crippen LogP contribution < -0.4 is 22.3 Å². The average molecular weight is 479 g/mol. The molecule has 0 saturated heterocycles. The maximum absolute atomic E-state index is 14.4. The fourth-order valence-corrected chi connectivity index (χ4v) is 3.99. The number of nitrogens with one attached hydrogen (secondary N) is 1. The van der Waals surface area contributed by atoms with Gasteiger partial charge in [0.2, 0.25) is 5.95 Å². The quantitative estimate of drug-likeness (QED) is 0.401. The van der Waals surface area contributed by atoms with E-state index in [-0.39, 0.29) is 39.4 Å². The van der Waals surface area contributed by atoms with E-state index in [0.717, 1.165) is 0 Å². The van der Waals surface area contributed by atoms with E-state index in [9.17, 15) is 14.4 Å². The van der Waals surface area contributed by atoms with Crippen LogP contribution in [0.2, 0.25) is 5.02 Å². The number of hydrogen-bond acceptors (Lipinski definition) is 8. The molecule has 2 aromatic carbocycles. The minimum absolute atomic E-state index is 0.00318. The summed E-state index contributed by atoms with van der Waals surface area (Å²) in [6, 6.07) is 8.84. The van der Waals surface area contributed by atoms with Gasteiger partial charge in [-0.15, -0.1) is 0 Å². The molecule has 4 aromatic rings. The Morgan fingerprint density at radius 1 is 1.21 bits per heavy atom. The Morgan fingerprint density at radius 2 is 1.94 bits per heavy atom. The molecule has 34 heavy (non-hydrogen) atoms. The maximum atomic E-state index is 14.4. The average Bonchev–Trinajstić information content (AvgIpc) is 2.76. The first kappa shape index (κ1) is 22.9. The molecule has 0 saturated carbocycles. The number of anilines is 3. The van der Waals surface area contributed by atoms with Gasteiger partial charge in [-0.05, 0) is 56.2 Å². The van der Waals surface area contributed by atoms with Crippen molar-refractivity contribution in [3.63, 3.8) is 0 Å². The van der Waals surface area contributed by atoms with Crippen molar-refractivity contribution in [2.45, 2.75) is 26.8 Å². The minimum Gasteiger partial charge on any atom is -0.382 e. The van der Waals surface area contributed by atoms with Gasteiger partial charge in [-0.2, -0.15) is 15.2 Å². The molecule has 1 unspecified atom stereocenters. The number of aromatic nitrogens is 4. The summed E-state index contributed by atoms with van der Waals surface area (Å²) in [6.07, 6.45) is 0. The fraction of sp³-hybridized carbons (Fsp3) is 0.174. The first-order chi connectivity index (χ1) is 16.1. The third kappa shape index (κ3) is 3.86. The summed E-state index contributed by atoms with van der Waals surface area (Å²) in [7, 11) is 0. The lowest BCUT2D eigenvalue weighted by Gasteiger charge is -2.22. The third-order valence-electron chi connectivity index (χ3n) is 5.52. The lowest BCUT2D eigenvalue weighted by atomic mass is 10.1. The lowest BCUT2D eigenvalue weighted by Crippen LogP contribution is -2.28. The molecular weight excluding hydrogens is 459 g/mol. The molecule has 0 spiro atoms. The van der Waals surface area contributed by atoms with Gasteiger partial charge in [-0.1, -0.05) is 17.7 Å². The van der Waals surface area contributed by atoms with Crippen molar-refractivity contribution in [1.29, 1.82) is 5.26 Å². The van der Waals surface area contributed by atoms with Crippen LogP contribution in [0.5, 0.6) is 0 Å². The van der Waals surface area contributed by atoms with Gasteiger partial charge < -0.3 is 16.8 Å². The molecule has 2 aromatic heterocycles. The Bertz CT molecular complexity index is 1560. The number of nitrogens with zero attached hydrogens (tertiary/aromatic N) is 5. The van der Waals surface area contributed by atoms with Crippen LogP contribution in [0.3, 0.4) is 0 Å². The second kappa shape index (κ2) is 8.61. The molecule has 0 bridgehead atoms. The highest BCUT2D eigenvalue weighted by Gasteiger charge is 2.23. The second-order valence-electron chi connectivity index (χ2n) is 7.78. The van der Waals surface area contributed by atoms with Crippen molar-refractivity contribution in [3.05, 3.63) is 74.0 Å². The Kier molecular flexibility index (Phi) is 5.81. The second-order valence-corrected chi connectivity index (χ2v) is 8.19. The standard InChI is InChI=1S/C23H20ClFN8O/c1-10-7-13(25)8-17(11(10)2)33-21(30-16-6-4-5-15(24)18(16)22(33)34)12(3)29-20-14(9-26)19(27)31-23(28)32-20/h4-8,12H,1-3H3,(H5,27,28,29,31,32). The van der Waals surface area contributed by atoms with Crippen LogP contribution in [0.25, 0.3) is 16.6 Å². The van der Waals surface area contributed by atoms with Crippen LogP contribution in [0, 0.1) is 31.0 Å². The molecule has 9 nitrogen and oxygen atoms in total. The number of aryl methyl sites for hydroxylation is 1. The maximum Gasteiger partial charge on any atom is 0.267 e. The zero-order chi connectivity index (χ0) is 24.7. The Labute approximate surface area is 198 Å². The van der Waals surface area contributed by atoms with E-state index in [0.29, 0.717) is 22.3 Å². The van der Waals surface area contributed by atoms with Crippen LogP contribution >= 0.6 is 11.6 Å². The van der Waals surface area contributed by atoms with Crippen LogP contribution in [0.4, 0.5) is 22.0 Å². The molecule has 0 aliphatic carbocycles. The van der Waals surface area contributed by atoms with Crippen molar-refractivity contribution in [2.24, 2.45) is 0 Å². The summed E-state index contributed by atoms with van der Waals surface area (Å²) in [4.78, 5) is 26.3. The van der Waals surface area contributed by atoms with Crippen molar-refractivity contribution in [3.8, 4) is 11.8 Å². The fourth-order valence-electron chi connectivity index (χ4n) is 3.74. The van der Waals surface area contributed by atoms with Gasteiger partial charge >= 0.3 is 0 Å². The van der Waals surface area contributed by atoms with Gasteiger partial charge in [0.1, 0.15) is 29.1 Å². The Hall–Kier alpha value is -4.23. The van der Waals surface area contributed by atoms with Gasteiger partial charge in [0.05, 0.1) is 27.7 Å². The molecule has 0 amide bonds. The van der Waals surface area contributed by atoms with E-state index in [2.05, 4.69) is 20.3 Å². The molecule has 5 N–H and O–H groups in total. The molecule has 1 atom stereocenters. The number of fused-ring (bicyclic) bond motifs is 1. The summed E-state index contributed by atoms with van der Waals surface area (Å²) in [5, 5.41) is 13.0. The molecule has 11 heteroatoms. The number of nitriles is 1. The number of rotatable bonds is 4. The van der Waals surface area contributed by atoms with Crippen molar-refractivity contribution < 1.29 is 4.39 Å². The van der Waals surface area contributed by atoms with E-state index in [4.69, 9.17) is 23.1 Å². The van der Waals surface area contributed by atoms with Gasteiger partial charge in [0, 0.05) is 0 Å². The topological polar surface area (TPSA) is 149 Å². The molecule has 4 rings (SSSR count). The van der Waals surface area contributed by atoms with E-state index >= 15 is 0 Å². The SMILES string of the molecule is Cc1cc(F)cc(-n2c(C(C)Nc3nc(N)nc(N)c3C#N)nc3cccc(Cl)c3c2=O)c1C. The van der Waals surface area contributed by atoms with Crippen LogP contribution in [0.15, 0.2) is 35.1 Å². The van der Waals surface area contributed by atoms with Crippen molar-refractivity contribution in [1.82, 2.24) is 19.5 Å². The van der Waals surface area contributed by atoms with Gasteiger partial charge in [-0.3, -0.25) is 9.36 Å². The number of nitrogens with two attached hydrogens (primary N) is 2. The number of benzene rings is 2. The van der Waals surface area contributed by atoms with Crippen LogP contribution in [-0.2, 0) is 0 Å². The zero-order valence-corrected chi connectivity index (χ0v) is 19.3. The molecule has 0 radical (unpaired) electrons. The summed E-state index contributed by atoms with van der Waals surface area (Å²) in [6.45, 7) is 5.25. The molecule has 0 aliphatic heterocycles. The zero-order valence-electron chi connectivity index (χ0n) is 18.5. The number of halogens is 2. The van der Waals surface area contributed by atoms with Crippen LogP contribution in [-0.4, -0.2) is 19.5 Å². The third-order valence-corrected chi connectivity index (χ3v) is 5.84. The monoisotopic (exact) mass is 478 g/mol. The van der Waals surface area contributed by atoms with Crippen molar-refractivity contribution >= 4 is 40.1 Å². The predicted octanol–water partition coefficient (Wildman–Crippen LogP) is 3.79. The van der Waals surface area contributed by atoms with E-state index in [1.54, 1.807) is 39.0 Å². The summed E-state index contributed by atoms with van der Waals surface area (Å²) in [5.41, 5.74) is 13.1. The van der Waals surface area contributed by atoms with Gasteiger partial charge in [0.25, 0.3) is 5.56 Å². The smallest absolute Gasteiger partial charge is 0.267 e. The van der Waals surface area contributed by atoms with E-state index < -0.39 is 17.4 Å². The predicted molar refractivity (Wildman–Crippen MR) is 129 cm³/mol. The van der Waals surface area contributed by atoms with Crippen molar-refractivity contribution in [2.75, 3.05) is 16.8 Å². The summed E-state index contributed by atoms with van der Waals surface area (Å²) in [5.74, 6) is -0.388. The first-order valence-corrected chi connectivity index (χ1v) is 10.6. The highest BCUT2D eigenvalue weighted by Crippen LogP contribution is 2.28. The summed E-state index contributed by atoms with van der Waals surface area (Å²) < 4.78 is 15.7. The normalized spacial score (nSPS) is 11.9. The van der Waals surface area contributed by atoms with Gasteiger partial charge in [0.15, 0.2) is 5.82 Å². The molecule has 172 valence electrons. The Morgan fingerprint density at radius 3 is 2.65 bits per heavy atom. The van der Waals surface area contributed by atoms with E-state index in [1.165, 1.54) is 16.7 Å². The van der Waals surface area contributed by atoms with Gasteiger partial charge in [-0.25, -0.2) is 9.37 Å². The Balaban J connectivity index is 2.01. The first-order valence-electron chi connectivity index (χ1n) is 10.2. The number of hydrogen-bond donors (Lipinski definition) is 3. The molecule has 0 fully saturated rings. The molecule has 0 aliphatic rings. The number of nitrogen functional groups attached to an aromatic ring is 2. The minimum atomic E-state index is -0.695. The lowest BCUT2D eigenvalue weighted by molar-refractivity contribution is 0.622. The highest BCUT2D eigenvalue weighted by atomic mass is 35.5. The molecular formula is C23H20ClFN8O. The molecule has 2 heterocycles. The van der Waals surface area contributed by atoms with E-state index in [1.807, 2.05) is 6.07 Å². The largest absolute Gasteiger partial charge is 0.382 e.